The molecule has 1 amide bonds. The monoisotopic (exact) mass is 461 g/mol. The molecule has 0 unspecified atom stereocenters. The first-order valence-corrected chi connectivity index (χ1v) is 12.3. The molecule has 31 heavy (non-hydrogen) atoms. The molecule has 1 saturated heterocycles. The van der Waals surface area contributed by atoms with Crippen molar-refractivity contribution in [1.29, 1.82) is 0 Å². The Morgan fingerprint density at radius 2 is 1.61 bits per heavy atom. The average molecular weight is 462 g/mol. The molecule has 0 spiro atoms. The minimum atomic E-state index is -4.51. The minimum absolute atomic E-state index is 0.0773. The van der Waals surface area contributed by atoms with Gasteiger partial charge in [0.15, 0.2) is 0 Å². The summed E-state index contributed by atoms with van der Waals surface area (Å²) < 4.78 is 65.0. The fourth-order valence-corrected chi connectivity index (χ4v) is 5.83. The van der Waals surface area contributed by atoms with E-state index < -0.39 is 21.8 Å². The molecule has 0 radical (unpaired) electrons. The number of alkyl halides is 3. The second kappa shape index (κ2) is 9.87. The molecule has 1 aromatic rings. The van der Waals surface area contributed by atoms with Gasteiger partial charge in [-0.25, -0.2) is 8.42 Å². The normalized spacial score (nSPS) is 20.0. The number of rotatable bonds is 6. The van der Waals surface area contributed by atoms with Crippen LogP contribution in [0.2, 0.25) is 0 Å². The van der Waals surface area contributed by atoms with Gasteiger partial charge in [-0.05, 0) is 44.0 Å². The van der Waals surface area contributed by atoms with Crippen molar-refractivity contribution in [3.05, 3.63) is 29.8 Å². The van der Waals surface area contributed by atoms with Crippen LogP contribution in [0.4, 0.5) is 13.2 Å². The Bertz CT molecular complexity index is 845. The first-order chi connectivity index (χ1) is 14.6. The van der Waals surface area contributed by atoms with Crippen LogP contribution in [0.25, 0.3) is 0 Å². The van der Waals surface area contributed by atoms with Crippen LogP contribution < -0.4 is 0 Å². The molecule has 174 valence electrons. The van der Waals surface area contributed by atoms with Crippen LogP contribution in [0.1, 0.15) is 44.6 Å². The third kappa shape index (κ3) is 5.78. The number of likely N-dealkylation sites (N-methyl/N-ethyl adjacent to an activating group) is 1. The third-order valence-electron chi connectivity index (χ3n) is 6.19. The van der Waals surface area contributed by atoms with Crippen LogP contribution in [0.15, 0.2) is 29.2 Å². The van der Waals surface area contributed by atoms with Crippen LogP contribution in [-0.4, -0.2) is 73.7 Å². The Labute approximate surface area is 182 Å². The van der Waals surface area contributed by atoms with Gasteiger partial charge in [-0.3, -0.25) is 9.69 Å². The van der Waals surface area contributed by atoms with Gasteiger partial charge in [-0.2, -0.15) is 17.5 Å². The summed E-state index contributed by atoms with van der Waals surface area (Å²) in [6.45, 7) is 4.14. The predicted octanol–water partition coefficient (Wildman–Crippen LogP) is 3.19. The number of hydrogen-bond acceptors (Lipinski definition) is 4. The maximum Gasteiger partial charge on any atom is 0.416 e. The van der Waals surface area contributed by atoms with Crippen molar-refractivity contribution in [2.75, 3.05) is 39.3 Å². The molecular formula is C21H30F3N3O3S. The van der Waals surface area contributed by atoms with Crippen LogP contribution in [-0.2, 0) is 21.0 Å². The molecule has 1 aliphatic heterocycles. The van der Waals surface area contributed by atoms with E-state index in [2.05, 4.69) is 0 Å². The van der Waals surface area contributed by atoms with Crippen molar-refractivity contribution in [3.8, 4) is 0 Å². The highest BCUT2D eigenvalue weighted by Crippen LogP contribution is 2.30. The fraction of sp³-hybridized carbons (Fsp3) is 0.667. The molecule has 0 aromatic heterocycles. The van der Waals surface area contributed by atoms with Crippen molar-refractivity contribution in [2.45, 2.75) is 56.1 Å². The summed E-state index contributed by atoms with van der Waals surface area (Å²) in [6.07, 6.45) is 1.09. The Morgan fingerprint density at radius 3 is 2.13 bits per heavy atom. The van der Waals surface area contributed by atoms with E-state index in [9.17, 15) is 26.4 Å². The Kier molecular flexibility index (Phi) is 7.64. The number of hydrogen-bond donors (Lipinski definition) is 0. The Morgan fingerprint density at radius 1 is 1.03 bits per heavy atom. The van der Waals surface area contributed by atoms with Gasteiger partial charge in [0.1, 0.15) is 0 Å². The van der Waals surface area contributed by atoms with Gasteiger partial charge < -0.3 is 4.90 Å². The minimum Gasteiger partial charge on any atom is -0.339 e. The van der Waals surface area contributed by atoms with E-state index >= 15 is 0 Å². The molecule has 10 heteroatoms. The number of carbonyl (C=O) groups excluding carboxylic acids is 1. The van der Waals surface area contributed by atoms with Crippen molar-refractivity contribution < 1.29 is 26.4 Å². The smallest absolute Gasteiger partial charge is 0.339 e. The van der Waals surface area contributed by atoms with Crippen molar-refractivity contribution in [2.24, 2.45) is 0 Å². The third-order valence-corrected chi connectivity index (χ3v) is 8.10. The molecule has 3 rings (SSSR count). The van der Waals surface area contributed by atoms with E-state index in [0.29, 0.717) is 25.7 Å². The summed E-state index contributed by atoms with van der Waals surface area (Å²) in [7, 11) is -3.87. The summed E-state index contributed by atoms with van der Waals surface area (Å²) in [6, 6.07) is 3.86. The van der Waals surface area contributed by atoms with Crippen molar-refractivity contribution in [3.63, 3.8) is 0 Å². The van der Waals surface area contributed by atoms with E-state index in [1.807, 2.05) is 16.7 Å². The maximum absolute atomic E-state index is 12.8. The van der Waals surface area contributed by atoms with E-state index in [1.165, 1.54) is 10.7 Å². The lowest BCUT2D eigenvalue weighted by Gasteiger charge is -2.37. The van der Waals surface area contributed by atoms with Gasteiger partial charge in [0, 0.05) is 38.8 Å². The summed E-state index contributed by atoms with van der Waals surface area (Å²) in [4.78, 5) is 16.6. The van der Waals surface area contributed by atoms with Gasteiger partial charge in [0.2, 0.25) is 15.9 Å². The van der Waals surface area contributed by atoms with E-state index in [4.69, 9.17) is 0 Å². The molecule has 2 fully saturated rings. The molecule has 1 aliphatic carbocycles. The van der Waals surface area contributed by atoms with Gasteiger partial charge in [0.05, 0.1) is 17.0 Å². The summed E-state index contributed by atoms with van der Waals surface area (Å²) in [5, 5.41) is 0. The molecular weight excluding hydrogens is 431 g/mol. The maximum atomic E-state index is 12.8. The lowest BCUT2D eigenvalue weighted by molar-refractivity contribution is -0.137. The molecule has 0 atom stereocenters. The quantitative estimate of drug-likeness (QED) is 0.653. The van der Waals surface area contributed by atoms with Crippen LogP contribution >= 0.6 is 0 Å². The number of amides is 1. The zero-order chi connectivity index (χ0) is 22.6. The number of sulfonamides is 1. The Balaban J connectivity index is 1.56. The highest BCUT2D eigenvalue weighted by atomic mass is 32.2. The second-order valence-electron chi connectivity index (χ2n) is 8.17. The molecule has 0 N–H and O–H groups in total. The van der Waals surface area contributed by atoms with Crippen LogP contribution in [0.5, 0.6) is 0 Å². The molecule has 6 nitrogen and oxygen atoms in total. The highest BCUT2D eigenvalue weighted by Gasteiger charge is 2.33. The first-order valence-electron chi connectivity index (χ1n) is 10.8. The zero-order valence-electron chi connectivity index (χ0n) is 17.8. The number of benzene rings is 1. The molecule has 1 saturated carbocycles. The van der Waals surface area contributed by atoms with Gasteiger partial charge >= 0.3 is 6.18 Å². The first kappa shape index (κ1) is 24.0. The van der Waals surface area contributed by atoms with Gasteiger partial charge in [0.25, 0.3) is 0 Å². The van der Waals surface area contributed by atoms with Crippen LogP contribution in [0.3, 0.4) is 0 Å². The van der Waals surface area contributed by atoms with Crippen LogP contribution in [0, 0.1) is 0 Å². The van der Waals surface area contributed by atoms with Gasteiger partial charge in [-0.15, -0.1) is 0 Å². The highest BCUT2D eigenvalue weighted by molar-refractivity contribution is 7.89. The lowest BCUT2D eigenvalue weighted by Crippen LogP contribution is -2.52. The summed E-state index contributed by atoms with van der Waals surface area (Å²) in [5.41, 5.74) is -0.881. The Hall–Kier alpha value is -1.65. The second-order valence-corrected chi connectivity index (χ2v) is 10.1. The number of carbonyl (C=O) groups is 1. The largest absolute Gasteiger partial charge is 0.416 e. The lowest BCUT2D eigenvalue weighted by atomic mass is 9.94. The molecule has 1 aromatic carbocycles. The average Bonchev–Trinajstić information content (AvgIpc) is 2.75. The topological polar surface area (TPSA) is 60.9 Å². The molecule has 0 bridgehead atoms. The molecule has 1 heterocycles. The zero-order valence-corrected chi connectivity index (χ0v) is 18.6. The number of piperazine rings is 1. The number of halogens is 3. The number of nitrogens with zero attached hydrogens (tertiary/aromatic N) is 3. The van der Waals surface area contributed by atoms with Crippen molar-refractivity contribution in [1.82, 2.24) is 14.1 Å². The summed E-state index contributed by atoms with van der Waals surface area (Å²) >= 11 is 0. The van der Waals surface area contributed by atoms with E-state index in [0.717, 1.165) is 49.9 Å². The fourth-order valence-electron chi connectivity index (χ4n) is 4.41. The van der Waals surface area contributed by atoms with Gasteiger partial charge in [-0.1, -0.05) is 19.3 Å². The summed E-state index contributed by atoms with van der Waals surface area (Å²) in [5.74, 6) is 0.0773. The standard InChI is InChI=1S/C21H30F3N3O3S/c1-2-27(18-6-4-3-5-7-18)20(28)16-25-12-14-26(15-13-25)31(29,30)19-10-8-17(9-11-19)21(22,23)24/h8-11,18H,2-7,12-16H2,1H3. The van der Waals surface area contributed by atoms with Crippen molar-refractivity contribution >= 4 is 15.9 Å². The SMILES string of the molecule is CCN(C(=O)CN1CCN(S(=O)(=O)c2ccc(C(F)(F)F)cc2)CC1)C1CCCCC1. The predicted molar refractivity (Wildman–Crippen MR) is 111 cm³/mol. The van der Waals surface area contributed by atoms with E-state index in [1.54, 1.807) is 0 Å². The molecule has 2 aliphatic rings. The van der Waals surface area contributed by atoms with E-state index in [-0.39, 0.29) is 30.4 Å².